The van der Waals surface area contributed by atoms with Crippen LogP contribution < -0.4 is 15.4 Å². The van der Waals surface area contributed by atoms with Crippen LogP contribution in [0.5, 0.6) is 5.75 Å². The van der Waals surface area contributed by atoms with Crippen molar-refractivity contribution in [2.24, 2.45) is 0 Å². The number of hydrogen-bond acceptors (Lipinski definition) is 3. The Labute approximate surface area is 177 Å². The molecule has 5 nitrogen and oxygen atoms in total. The van der Waals surface area contributed by atoms with Gasteiger partial charge in [-0.2, -0.15) is 0 Å². The summed E-state index contributed by atoms with van der Waals surface area (Å²) in [6, 6.07) is 23.8. The highest BCUT2D eigenvalue weighted by atomic mass is 16.5. The number of carbonyl (C=O) groups excluding carboxylic acids is 2. The van der Waals surface area contributed by atoms with Crippen molar-refractivity contribution in [3.63, 3.8) is 0 Å². The van der Waals surface area contributed by atoms with Crippen molar-refractivity contribution in [2.75, 3.05) is 17.2 Å². The molecule has 0 aromatic heterocycles. The fraction of sp³-hybridized carbons (Fsp3) is 0.200. The van der Waals surface area contributed by atoms with Gasteiger partial charge < -0.3 is 15.4 Å². The molecule has 2 amide bonds. The molecule has 3 aromatic carbocycles. The summed E-state index contributed by atoms with van der Waals surface area (Å²) in [5, 5.41) is 5.62. The quantitative estimate of drug-likeness (QED) is 0.525. The Bertz CT molecular complexity index is 985. The standard InChI is InChI=1S/C25H26N2O3/c1-3-18(2)19-12-14-23(15-13-19)30-17-24(28)26-21-10-7-11-22(16-21)27-25(29)20-8-5-4-6-9-20/h4-16,18H,3,17H2,1-2H3,(H,26,28)(H,27,29)/t18-/m0/s1. The van der Waals surface area contributed by atoms with Crippen LogP contribution in [0.15, 0.2) is 78.9 Å². The Hall–Kier alpha value is -3.60. The summed E-state index contributed by atoms with van der Waals surface area (Å²) in [5.74, 6) is 0.675. The van der Waals surface area contributed by atoms with Crippen molar-refractivity contribution in [1.82, 2.24) is 0 Å². The molecule has 1 atom stereocenters. The molecule has 0 fully saturated rings. The Morgan fingerprint density at radius 3 is 2.20 bits per heavy atom. The molecule has 3 aromatic rings. The van der Waals surface area contributed by atoms with Crippen LogP contribution in [0, 0.1) is 0 Å². The molecule has 0 unspecified atom stereocenters. The fourth-order valence-electron chi connectivity index (χ4n) is 2.94. The third kappa shape index (κ3) is 5.95. The SMILES string of the molecule is CC[C@H](C)c1ccc(OCC(=O)Nc2cccc(NC(=O)c3ccccc3)c2)cc1. The Morgan fingerprint density at radius 2 is 1.53 bits per heavy atom. The zero-order valence-corrected chi connectivity index (χ0v) is 17.2. The first kappa shape index (κ1) is 21.1. The van der Waals surface area contributed by atoms with Gasteiger partial charge in [-0.3, -0.25) is 9.59 Å². The first-order valence-corrected chi connectivity index (χ1v) is 10.0. The predicted molar refractivity (Wildman–Crippen MR) is 120 cm³/mol. The minimum Gasteiger partial charge on any atom is -0.484 e. The lowest BCUT2D eigenvalue weighted by Gasteiger charge is -2.11. The summed E-state index contributed by atoms with van der Waals surface area (Å²) in [4.78, 5) is 24.5. The molecule has 3 rings (SSSR count). The highest BCUT2D eigenvalue weighted by molar-refractivity contribution is 6.04. The largest absolute Gasteiger partial charge is 0.484 e. The molecule has 0 aliphatic carbocycles. The lowest BCUT2D eigenvalue weighted by molar-refractivity contribution is -0.118. The number of anilines is 2. The number of nitrogens with one attached hydrogen (secondary N) is 2. The van der Waals surface area contributed by atoms with Crippen LogP contribution in [0.4, 0.5) is 11.4 Å². The van der Waals surface area contributed by atoms with Gasteiger partial charge in [0.15, 0.2) is 6.61 Å². The molecule has 30 heavy (non-hydrogen) atoms. The van der Waals surface area contributed by atoms with E-state index in [2.05, 4.69) is 24.5 Å². The number of carbonyl (C=O) groups is 2. The smallest absolute Gasteiger partial charge is 0.262 e. The molecule has 2 N–H and O–H groups in total. The zero-order chi connectivity index (χ0) is 21.3. The number of rotatable bonds is 8. The first-order chi connectivity index (χ1) is 14.5. The molecular weight excluding hydrogens is 376 g/mol. The highest BCUT2D eigenvalue weighted by Gasteiger charge is 2.08. The minimum atomic E-state index is -0.271. The zero-order valence-electron chi connectivity index (χ0n) is 17.2. The van der Waals surface area contributed by atoms with E-state index in [4.69, 9.17) is 4.74 Å². The highest BCUT2D eigenvalue weighted by Crippen LogP contribution is 2.21. The van der Waals surface area contributed by atoms with Gasteiger partial charge in [0.05, 0.1) is 0 Å². The van der Waals surface area contributed by atoms with Crippen molar-refractivity contribution < 1.29 is 14.3 Å². The number of benzene rings is 3. The lowest BCUT2D eigenvalue weighted by Crippen LogP contribution is -2.20. The monoisotopic (exact) mass is 402 g/mol. The molecule has 0 saturated heterocycles. The van der Waals surface area contributed by atoms with Gasteiger partial charge in [-0.1, -0.05) is 50.2 Å². The topological polar surface area (TPSA) is 67.4 Å². The van der Waals surface area contributed by atoms with Gasteiger partial charge in [0.1, 0.15) is 5.75 Å². The van der Waals surface area contributed by atoms with Crippen LogP contribution in [0.2, 0.25) is 0 Å². The molecule has 0 aliphatic heterocycles. The molecule has 0 heterocycles. The number of ether oxygens (including phenoxy) is 1. The Balaban J connectivity index is 1.53. The van der Waals surface area contributed by atoms with E-state index in [9.17, 15) is 9.59 Å². The van der Waals surface area contributed by atoms with E-state index in [1.807, 2.05) is 42.5 Å². The van der Waals surface area contributed by atoms with Crippen molar-refractivity contribution in [3.8, 4) is 5.75 Å². The van der Waals surface area contributed by atoms with E-state index in [0.29, 0.717) is 28.6 Å². The van der Waals surface area contributed by atoms with Crippen molar-refractivity contribution in [3.05, 3.63) is 90.0 Å². The molecule has 0 radical (unpaired) electrons. The Morgan fingerprint density at radius 1 is 0.867 bits per heavy atom. The van der Waals surface area contributed by atoms with Crippen LogP contribution in [0.1, 0.15) is 42.1 Å². The molecule has 0 saturated carbocycles. The second-order valence-corrected chi connectivity index (χ2v) is 7.12. The fourth-order valence-corrected chi connectivity index (χ4v) is 2.94. The summed E-state index contributed by atoms with van der Waals surface area (Å²) in [5.41, 5.74) is 3.01. The van der Waals surface area contributed by atoms with Crippen LogP contribution in [0.25, 0.3) is 0 Å². The third-order valence-corrected chi connectivity index (χ3v) is 4.87. The van der Waals surface area contributed by atoms with Crippen molar-refractivity contribution in [2.45, 2.75) is 26.2 Å². The predicted octanol–water partition coefficient (Wildman–Crippen LogP) is 5.47. The van der Waals surface area contributed by atoms with Crippen molar-refractivity contribution >= 4 is 23.2 Å². The number of hydrogen-bond donors (Lipinski definition) is 2. The van der Waals surface area contributed by atoms with Gasteiger partial charge in [0.2, 0.25) is 0 Å². The van der Waals surface area contributed by atoms with Gasteiger partial charge in [-0.05, 0) is 60.4 Å². The van der Waals surface area contributed by atoms with E-state index in [-0.39, 0.29) is 18.4 Å². The molecule has 154 valence electrons. The van der Waals surface area contributed by atoms with E-state index < -0.39 is 0 Å². The van der Waals surface area contributed by atoms with Gasteiger partial charge >= 0.3 is 0 Å². The average Bonchev–Trinajstić information content (AvgIpc) is 2.78. The summed E-state index contributed by atoms with van der Waals surface area (Å²) in [6.45, 7) is 4.24. The van der Waals surface area contributed by atoms with Gasteiger partial charge in [0.25, 0.3) is 11.8 Å². The molecule has 0 aliphatic rings. The van der Waals surface area contributed by atoms with E-state index in [0.717, 1.165) is 6.42 Å². The van der Waals surface area contributed by atoms with Gasteiger partial charge in [-0.25, -0.2) is 0 Å². The molecule has 5 heteroatoms. The summed E-state index contributed by atoms with van der Waals surface area (Å²) >= 11 is 0. The average molecular weight is 402 g/mol. The third-order valence-electron chi connectivity index (χ3n) is 4.87. The molecule has 0 spiro atoms. The van der Waals surface area contributed by atoms with Crippen LogP contribution in [-0.2, 0) is 4.79 Å². The second-order valence-electron chi connectivity index (χ2n) is 7.12. The van der Waals surface area contributed by atoms with Gasteiger partial charge in [-0.15, -0.1) is 0 Å². The van der Waals surface area contributed by atoms with E-state index in [1.54, 1.807) is 36.4 Å². The van der Waals surface area contributed by atoms with Gasteiger partial charge in [0, 0.05) is 16.9 Å². The Kier molecular flexibility index (Phi) is 7.22. The second kappa shape index (κ2) is 10.3. The maximum Gasteiger partial charge on any atom is 0.262 e. The molecular formula is C25H26N2O3. The lowest BCUT2D eigenvalue weighted by atomic mass is 9.99. The van der Waals surface area contributed by atoms with E-state index >= 15 is 0 Å². The van der Waals surface area contributed by atoms with Crippen LogP contribution in [0.3, 0.4) is 0 Å². The maximum atomic E-state index is 12.3. The first-order valence-electron chi connectivity index (χ1n) is 10.0. The number of amides is 2. The minimum absolute atomic E-state index is 0.0940. The normalized spacial score (nSPS) is 11.4. The van der Waals surface area contributed by atoms with Crippen LogP contribution >= 0.6 is 0 Å². The summed E-state index contributed by atoms with van der Waals surface area (Å²) < 4.78 is 5.58. The summed E-state index contributed by atoms with van der Waals surface area (Å²) in [7, 11) is 0. The van der Waals surface area contributed by atoms with E-state index in [1.165, 1.54) is 5.56 Å². The molecule has 0 bridgehead atoms. The van der Waals surface area contributed by atoms with Crippen LogP contribution in [-0.4, -0.2) is 18.4 Å². The maximum absolute atomic E-state index is 12.3. The van der Waals surface area contributed by atoms with Crippen molar-refractivity contribution in [1.29, 1.82) is 0 Å². The summed E-state index contributed by atoms with van der Waals surface area (Å²) in [6.07, 6.45) is 1.08.